The molecule has 4 rings (SSSR count). The molecule has 184 valence electrons. The summed E-state index contributed by atoms with van der Waals surface area (Å²) >= 11 is 7.02. The van der Waals surface area contributed by atoms with Gasteiger partial charge < -0.3 is 9.84 Å². The first-order chi connectivity index (χ1) is 17.9. The fourth-order valence-electron chi connectivity index (χ4n) is 3.73. The SMILES string of the molecule is N#Cc1ccccc1COc1c(Br)cc(C=NNC(=O)C(O)(c2ccccc2)c2ccccc2)cc1Br. The van der Waals surface area contributed by atoms with Gasteiger partial charge in [0.1, 0.15) is 12.4 Å². The second-order valence-corrected chi connectivity index (χ2v) is 9.72. The number of hydrazone groups is 1. The van der Waals surface area contributed by atoms with Gasteiger partial charge in [-0.3, -0.25) is 4.79 Å². The summed E-state index contributed by atoms with van der Waals surface area (Å²) in [7, 11) is 0. The largest absolute Gasteiger partial charge is 0.486 e. The standard InChI is InChI=1S/C29H21Br2N3O3/c30-25-15-20(16-26(31)27(25)37-19-22-10-8-7-9-21(22)17-32)18-33-34-28(35)29(36,23-11-3-1-4-12-23)24-13-5-2-6-14-24/h1-16,18,36H,19H2,(H,34,35). The topological polar surface area (TPSA) is 94.7 Å². The van der Waals surface area contributed by atoms with Crippen molar-refractivity contribution in [1.82, 2.24) is 5.43 Å². The minimum absolute atomic E-state index is 0.224. The monoisotopic (exact) mass is 617 g/mol. The van der Waals surface area contributed by atoms with E-state index < -0.39 is 11.5 Å². The minimum atomic E-state index is -1.92. The Morgan fingerprint density at radius 3 is 2.05 bits per heavy atom. The van der Waals surface area contributed by atoms with Gasteiger partial charge in [0.05, 0.1) is 26.8 Å². The minimum Gasteiger partial charge on any atom is -0.486 e. The zero-order valence-electron chi connectivity index (χ0n) is 19.4. The number of halogens is 2. The van der Waals surface area contributed by atoms with Gasteiger partial charge in [0.2, 0.25) is 0 Å². The Balaban J connectivity index is 1.50. The second-order valence-electron chi connectivity index (χ2n) is 8.01. The number of hydrogen-bond acceptors (Lipinski definition) is 5. The van der Waals surface area contributed by atoms with Gasteiger partial charge in [-0.05, 0) is 66.7 Å². The van der Waals surface area contributed by atoms with E-state index in [4.69, 9.17) is 4.74 Å². The van der Waals surface area contributed by atoms with Crippen molar-refractivity contribution in [3.05, 3.63) is 134 Å². The van der Waals surface area contributed by atoms with Gasteiger partial charge >= 0.3 is 0 Å². The average Bonchev–Trinajstić information content (AvgIpc) is 2.93. The normalized spacial score (nSPS) is 11.2. The number of ether oxygens (including phenoxy) is 1. The van der Waals surface area contributed by atoms with Crippen LogP contribution in [0.5, 0.6) is 5.75 Å². The van der Waals surface area contributed by atoms with Gasteiger partial charge in [-0.25, -0.2) is 5.43 Å². The molecule has 37 heavy (non-hydrogen) atoms. The number of carbonyl (C=O) groups is 1. The molecule has 0 heterocycles. The zero-order chi connectivity index (χ0) is 26.3. The van der Waals surface area contributed by atoms with Crippen molar-refractivity contribution in [3.8, 4) is 11.8 Å². The van der Waals surface area contributed by atoms with E-state index in [1.54, 1.807) is 72.8 Å². The molecule has 1 amide bonds. The molecule has 0 bridgehead atoms. The molecule has 0 saturated carbocycles. The third kappa shape index (κ3) is 5.97. The molecule has 6 nitrogen and oxygen atoms in total. The maximum atomic E-state index is 13.2. The Morgan fingerprint density at radius 1 is 0.946 bits per heavy atom. The van der Waals surface area contributed by atoms with Crippen LogP contribution in [-0.2, 0) is 17.0 Å². The summed E-state index contributed by atoms with van der Waals surface area (Å²) < 4.78 is 7.27. The van der Waals surface area contributed by atoms with Crippen molar-refractivity contribution in [2.24, 2.45) is 5.10 Å². The van der Waals surface area contributed by atoms with E-state index >= 15 is 0 Å². The first-order valence-corrected chi connectivity index (χ1v) is 12.8. The Morgan fingerprint density at radius 2 is 1.49 bits per heavy atom. The summed E-state index contributed by atoms with van der Waals surface area (Å²) in [6, 6.07) is 30.4. The molecule has 0 fully saturated rings. The number of amides is 1. The van der Waals surface area contributed by atoms with Gasteiger partial charge in [-0.15, -0.1) is 0 Å². The van der Waals surface area contributed by atoms with Crippen LogP contribution in [0.4, 0.5) is 0 Å². The Labute approximate surface area is 231 Å². The molecule has 0 aliphatic rings. The lowest BCUT2D eigenvalue weighted by Crippen LogP contribution is -2.43. The molecule has 2 N–H and O–H groups in total. The van der Waals surface area contributed by atoms with Gasteiger partial charge in [-0.2, -0.15) is 10.4 Å². The van der Waals surface area contributed by atoms with Crippen LogP contribution in [0.15, 0.2) is 111 Å². The second kappa shape index (κ2) is 12.0. The highest BCUT2D eigenvalue weighted by Crippen LogP contribution is 2.35. The number of nitriles is 1. The van der Waals surface area contributed by atoms with E-state index in [9.17, 15) is 15.2 Å². The van der Waals surface area contributed by atoms with E-state index in [0.717, 1.165) is 5.56 Å². The predicted octanol–water partition coefficient (Wildman–Crippen LogP) is 6.05. The summed E-state index contributed by atoms with van der Waals surface area (Å²) in [5, 5.41) is 24.9. The number of nitrogens with zero attached hydrogens (tertiary/aromatic N) is 2. The van der Waals surface area contributed by atoms with E-state index in [-0.39, 0.29) is 6.61 Å². The molecule has 0 saturated heterocycles. The molecule has 8 heteroatoms. The maximum Gasteiger partial charge on any atom is 0.281 e. The zero-order valence-corrected chi connectivity index (χ0v) is 22.6. The predicted molar refractivity (Wildman–Crippen MR) is 149 cm³/mol. The van der Waals surface area contributed by atoms with Crippen LogP contribution in [0.25, 0.3) is 0 Å². The molecule has 0 unspecified atom stereocenters. The number of hydrogen-bond donors (Lipinski definition) is 2. The van der Waals surface area contributed by atoms with Crippen molar-refractivity contribution in [2.45, 2.75) is 12.2 Å². The summed E-state index contributed by atoms with van der Waals surface area (Å²) in [6.07, 6.45) is 1.47. The Kier molecular flexibility index (Phi) is 8.51. The van der Waals surface area contributed by atoms with E-state index in [0.29, 0.717) is 36.9 Å². The van der Waals surface area contributed by atoms with Crippen molar-refractivity contribution in [2.75, 3.05) is 0 Å². The van der Waals surface area contributed by atoms with Crippen LogP contribution in [0.1, 0.15) is 27.8 Å². The van der Waals surface area contributed by atoms with Crippen LogP contribution >= 0.6 is 31.9 Å². The van der Waals surface area contributed by atoms with Gasteiger partial charge in [-0.1, -0.05) is 78.9 Å². The molecule has 4 aromatic carbocycles. The average molecular weight is 619 g/mol. The third-order valence-corrected chi connectivity index (χ3v) is 6.80. The number of benzene rings is 4. The fraction of sp³-hybridized carbons (Fsp3) is 0.0690. The van der Waals surface area contributed by atoms with E-state index in [2.05, 4.69) is 48.5 Å². The van der Waals surface area contributed by atoms with Crippen molar-refractivity contribution in [1.29, 1.82) is 5.26 Å². The Bertz CT molecular complexity index is 1410. The summed E-state index contributed by atoms with van der Waals surface area (Å²) in [5.74, 6) is -0.119. The molecule has 4 aromatic rings. The molecular formula is C29H21Br2N3O3. The van der Waals surface area contributed by atoms with Gasteiger partial charge in [0.15, 0.2) is 5.60 Å². The van der Waals surface area contributed by atoms with Crippen LogP contribution < -0.4 is 10.2 Å². The lowest BCUT2D eigenvalue weighted by atomic mass is 9.85. The highest BCUT2D eigenvalue weighted by atomic mass is 79.9. The lowest BCUT2D eigenvalue weighted by Gasteiger charge is -2.27. The quantitative estimate of drug-likeness (QED) is 0.186. The first-order valence-electron chi connectivity index (χ1n) is 11.2. The number of carbonyl (C=O) groups excluding carboxylic acids is 1. The molecular weight excluding hydrogens is 598 g/mol. The van der Waals surface area contributed by atoms with Gasteiger partial charge in [0, 0.05) is 5.56 Å². The van der Waals surface area contributed by atoms with Crippen LogP contribution in [0.2, 0.25) is 0 Å². The van der Waals surface area contributed by atoms with Crippen LogP contribution in [0, 0.1) is 11.3 Å². The van der Waals surface area contributed by atoms with Crippen LogP contribution in [0.3, 0.4) is 0 Å². The van der Waals surface area contributed by atoms with E-state index in [1.165, 1.54) is 6.21 Å². The van der Waals surface area contributed by atoms with Crippen molar-refractivity contribution in [3.63, 3.8) is 0 Å². The summed E-state index contributed by atoms with van der Waals surface area (Å²) in [4.78, 5) is 13.2. The van der Waals surface area contributed by atoms with Crippen LogP contribution in [-0.4, -0.2) is 17.2 Å². The molecule has 0 aliphatic heterocycles. The number of rotatable bonds is 8. The Hall–Kier alpha value is -3.77. The summed E-state index contributed by atoms with van der Waals surface area (Å²) in [5.41, 5.74) is 3.42. The highest BCUT2D eigenvalue weighted by molar-refractivity contribution is 9.11. The van der Waals surface area contributed by atoms with Gasteiger partial charge in [0.25, 0.3) is 5.91 Å². The molecule has 0 aliphatic carbocycles. The van der Waals surface area contributed by atoms with E-state index in [1.807, 2.05) is 24.3 Å². The highest BCUT2D eigenvalue weighted by Gasteiger charge is 2.39. The van der Waals surface area contributed by atoms with Crippen molar-refractivity contribution < 1.29 is 14.6 Å². The number of aliphatic hydroxyl groups is 1. The maximum absolute atomic E-state index is 13.2. The lowest BCUT2D eigenvalue weighted by molar-refractivity contribution is -0.136. The first kappa shape index (κ1) is 26.3. The molecule has 0 spiro atoms. The molecule has 0 atom stereocenters. The molecule has 0 radical (unpaired) electrons. The number of nitrogens with one attached hydrogen (secondary N) is 1. The van der Waals surface area contributed by atoms with Crippen molar-refractivity contribution >= 4 is 44.0 Å². The summed E-state index contributed by atoms with van der Waals surface area (Å²) in [6.45, 7) is 0.224. The third-order valence-electron chi connectivity index (χ3n) is 5.62. The smallest absolute Gasteiger partial charge is 0.281 e. The fourth-order valence-corrected chi connectivity index (χ4v) is 5.18. The molecule has 0 aromatic heterocycles.